The zero-order chi connectivity index (χ0) is 12.5. The topological polar surface area (TPSA) is 36.4 Å². The molecule has 1 aliphatic heterocycles. The molecule has 1 aromatic heterocycles. The molecule has 0 atom stereocenters. The monoisotopic (exact) mass is 260 g/mol. The van der Waals surface area contributed by atoms with Crippen LogP contribution in [0.15, 0.2) is 24.3 Å². The van der Waals surface area contributed by atoms with E-state index in [1.54, 1.807) is 11.3 Å². The molecule has 2 aromatic rings. The maximum absolute atomic E-state index is 9.28. The Kier molecular flexibility index (Phi) is 3.06. The van der Waals surface area contributed by atoms with Crippen LogP contribution in [0.3, 0.4) is 0 Å². The molecule has 1 N–H and O–H groups in total. The van der Waals surface area contributed by atoms with Gasteiger partial charge in [-0.3, -0.25) is 0 Å². The van der Waals surface area contributed by atoms with Crippen LogP contribution in [0.1, 0.15) is 22.6 Å². The number of aryl methyl sites for hydroxylation is 2. The predicted molar refractivity (Wildman–Crippen MR) is 74.5 cm³/mol. The lowest BCUT2D eigenvalue weighted by atomic mass is 10.0. The Labute approximate surface area is 111 Å². The molecular formula is C14H16N2OS. The molecule has 18 heavy (non-hydrogen) atoms. The van der Waals surface area contributed by atoms with Crippen LogP contribution in [0.25, 0.3) is 0 Å². The second kappa shape index (κ2) is 4.71. The number of anilines is 2. The normalized spacial score (nSPS) is 14.7. The number of hydrogen-bond acceptors (Lipinski definition) is 4. The Morgan fingerprint density at radius 3 is 3.00 bits per heavy atom. The zero-order valence-corrected chi connectivity index (χ0v) is 11.2. The molecule has 0 unspecified atom stereocenters. The molecule has 1 aromatic carbocycles. The average molecular weight is 260 g/mol. The number of nitrogens with zero attached hydrogens (tertiary/aromatic N) is 2. The summed E-state index contributed by atoms with van der Waals surface area (Å²) in [5.41, 5.74) is 3.60. The molecule has 0 radical (unpaired) electrons. The summed E-state index contributed by atoms with van der Waals surface area (Å²) in [6.07, 6.45) is 2.30. The van der Waals surface area contributed by atoms with Crippen molar-refractivity contribution >= 4 is 22.2 Å². The molecule has 3 rings (SSSR count). The van der Waals surface area contributed by atoms with E-state index in [1.165, 1.54) is 11.3 Å². The lowest BCUT2D eigenvalue weighted by Crippen LogP contribution is -2.24. The number of fused-ring (bicyclic) bond motifs is 1. The minimum Gasteiger partial charge on any atom is -0.391 e. The van der Waals surface area contributed by atoms with E-state index in [1.807, 2.05) is 6.92 Å². The van der Waals surface area contributed by atoms with Crippen molar-refractivity contribution in [3.05, 3.63) is 40.4 Å². The fourth-order valence-electron chi connectivity index (χ4n) is 2.41. The summed E-state index contributed by atoms with van der Waals surface area (Å²) in [6.45, 7) is 3.05. The van der Waals surface area contributed by atoms with Gasteiger partial charge >= 0.3 is 0 Å². The number of thiazole rings is 1. The third-order valence-electron chi connectivity index (χ3n) is 3.37. The van der Waals surface area contributed by atoms with Gasteiger partial charge in [-0.15, -0.1) is 0 Å². The Bertz CT molecular complexity index is 565. The minimum absolute atomic E-state index is 0.0823. The Balaban J connectivity index is 2.02. The van der Waals surface area contributed by atoms with Crippen molar-refractivity contribution in [1.82, 2.24) is 4.98 Å². The van der Waals surface area contributed by atoms with Crippen LogP contribution in [0.4, 0.5) is 10.8 Å². The zero-order valence-electron chi connectivity index (χ0n) is 10.4. The number of aliphatic hydroxyl groups is 1. The number of rotatable bonds is 2. The molecular weight excluding hydrogens is 244 g/mol. The number of hydrogen-bond donors (Lipinski definition) is 1. The summed E-state index contributed by atoms with van der Waals surface area (Å²) in [7, 11) is 0. The van der Waals surface area contributed by atoms with Gasteiger partial charge in [0.2, 0.25) is 0 Å². The first kappa shape index (κ1) is 11.7. The van der Waals surface area contributed by atoms with E-state index in [0.717, 1.165) is 35.1 Å². The summed E-state index contributed by atoms with van der Waals surface area (Å²) in [5, 5.41) is 10.3. The molecule has 0 bridgehead atoms. The van der Waals surface area contributed by atoms with Crippen LogP contribution in [0.5, 0.6) is 0 Å². The van der Waals surface area contributed by atoms with Gasteiger partial charge in [-0.2, -0.15) is 0 Å². The summed E-state index contributed by atoms with van der Waals surface area (Å²) in [6, 6.07) is 8.51. The maximum Gasteiger partial charge on any atom is 0.190 e. The SMILES string of the molecule is Cc1nc(N2CCCc3ccccc32)sc1CO. The van der Waals surface area contributed by atoms with E-state index >= 15 is 0 Å². The van der Waals surface area contributed by atoms with E-state index in [4.69, 9.17) is 0 Å². The molecule has 0 fully saturated rings. The van der Waals surface area contributed by atoms with Crippen molar-refractivity contribution in [3.63, 3.8) is 0 Å². The lowest BCUT2D eigenvalue weighted by Gasteiger charge is -2.28. The van der Waals surface area contributed by atoms with Gasteiger partial charge < -0.3 is 10.0 Å². The van der Waals surface area contributed by atoms with Crippen molar-refractivity contribution < 1.29 is 5.11 Å². The maximum atomic E-state index is 9.28. The molecule has 3 nitrogen and oxygen atoms in total. The van der Waals surface area contributed by atoms with E-state index in [0.29, 0.717) is 0 Å². The number of para-hydroxylation sites is 1. The summed E-state index contributed by atoms with van der Waals surface area (Å²) in [5.74, 6) is 0. The minimum atomic E-state index is 0.0823. The third-order valence-corrected chi connectivity index (χ3v) is 4.53. The lowest BCUT2D eigenvalue weighted by molar-refractivity contribution is 0.284. The molecule has 0 spiro atoms. The molecule has 2 heterocycles. The first-order valence-electron chi connectivity index (χ1n) is 6.22. The summed E-state index contributed by atoms with van der Waals surface area (Å²) < 4.78 is 0. The van der Waals surface area contributed by atoms with Gasteiger partial charge in [-0.05, 0) is 31.4 Å². The van der Waals surface area contributed by atoms with Gasteiger partial charge in [0, 0.05) is 12.2 Å². The molecule has 0 aliphatic carbocycles. The second-order valence-electron chi connectivity index (χ2n) is 4.55. The fourth-order valence-corrected chi connectivity index (χ4v) is 3.37. The van der Waals surface area contributed by atoms with E-state index < -0.39 is 0 Å². The third kappa shape index (κ3) is 1.91. The summed E-state index contributed by atoms with van der Waals surface area (Å²) in [4.78, 5) is 7.83. The van der Waals surface area contributed by atoms with Crippen LogP contribution in [-0.2, 0) is 13.0 Å². The van der Waals surface area contributed by atoms with Crippen molar-refractivity contribution in [2.75, 3.05) is 11.4 Å². The quantitative estimate of drug-likeness (QED) is 0.901. The standard InChI is InChI=1S/C14H16N2OS/c1-10-13(9-17)18-14(15-10)16-8-4-6-11-5-2-3-7-12(11)16/h2-3,5,7,17H,4,6,8-9H2,1H3. The second-order valence-corrected chi connectivity index (χ2v) is 5.61. The van der Waals surface area contributed by atoms with Crippen molar-refractivity contribution in [2.24, 2.45) is 0 Å². The molecule has 94 valence electrons. The Morgan fingerprint density at radius 1 is 1.39 bits per heavy atom. The van der Waals surface area contributed by atoms with Crippen LogP contribution in [0.2, 0.25) is 0 Å². The molecule has 4 heteroatoms. The van der Waals surface area contributed by atoms with Crippen molar-refractivity contribution in [3.8, 4) is 0 Å². The van der Waals surface area contributed by atoms with Gasteiger partial charge in [-0.25, -0.2) is 4.98 Å². The first-order chi connectivity index (χ1) is 8.79. The first-order valence-corrected chi connectivity index (χ1v) is 7.04. The molecule has 0 saturated carbocycles. The Morgan fingerprint density at radius 2 is 2.22 bits per heavy atom. The van der Waals surface area contributed by atoms with Gasteiger partial charge in [0.05, 0.1) is 17.2 Å². The van der Waals surface area contributed by atoms with Gasteiger partial charge in [-0.1, -0.05) is 29.5 Å². The van der Waals surface area contributed by atoms with Crippen molar-refractivity contribution in [2.45, 2.75) is 26.4 Å². The fraction of sp³-hybridized carbons (Fsp3) is 0.357. The van der Waals surface area contributed by atoms with Crippen LogP contribution < -0.4 is 4.90 Å². The average Bonchev–Trinajstić information content (AvgIpc) is 2.79. The van der Waals surface area contributed by atoms with Crippen LogP contribution in [0, 0.1) is 6.92 Å². The summed E-state index contributed by atoms with van der Waals surface area (Å²) >= 11 is 1.59. The van der Waals surface area contributed by atoms with E-state index in [2.05, 4.69) is 34.1 Å². The highest BCUT2D eigenvalue weighted by molar-refractivity contribution is 7.15. The van der Waals surface area contributed by atoms with Gasteiger partial charge in [0.1, 0.15) is 0 Å². The number of aromatic nitrogens is 1. The number of aliphatic hydroxyl groups excluding tert-OH is 1. The smallest absolute Gasteiger partial charge is 0.190 e. The van der Waals surface area contributed by atoms with Gasteiger partial charge in [0.25, 0.3) is 0 Å². The van der Waals surface area contributed by atoms with Crippen LogP contribution in [-0.4, -0.2) is 16.6 Å². The highest BCUT2D eigenvalue weighted by atomic mass is 32.1. The molecule has 0 amide bonds. The van der Waals surface area contributed by atoms with E-state index in [9.17, 15) is 5.11 Å². The highest BCUT2D eigenvalue weighted by Gasteiger charge is 2.21. The Hall–Kier alpha value is -1.39. The largest absolute Gasteiger partial charge is 0.391 e. The highest BCUT2D eigenvalue weighted by Crippen LogP contribution is 2.36. The molecule has 0 saturated heterocycles. The number of benzene rings is 1. The molecule has 1 aliphatic rings. The van der Waals surface area contributed by atoms with E-state index in [-0.39, 0.29) is 6.61 Å². The predicted octanol–water partition coefficient (Wildman–Crippen LogP) is 3.03. The van der Waals surface area contributed by atoms with Crippen molar-refractivity contribution in [1.29, 1.82) is 0 Å². The van der Waals surface area contributed by atoms with Crippen LogP contribution >= 0.6 is 11.3 Å². The van der Waals surface area contributed by atoms with Gasteiger partial charge in [0.15, 0.2) is 5.13 Å².